The maximum atomic E-state index is 11.7. The third kappa shape index (κ3) is 3.75. The second-order valence-corrected chi connectivity index (χ2v) is 6.19. The Hall–Kier alpha value is -1.96. The average molecular weight is 286 g/mol. The molecule has 0 aromatic carbocycles. The van der Waals surface area contributed by atoms with Crippen LogP contribution < -0.4 is 4.72 Å². The van der Waals surface area contributed by atoms with Gasteiger partial charge in [0.2, 0.25) is 10.0 Å². The van der Waals surface area contributed by atoms with Crippen molar-refractivity contribution in [1.82, 2.24) is 9.71 Å². The SMILES string of the molecule is COC(=O)c1ccc(C(=O)NS(=O)(=O)C(C)C)cn1. The summed E-state index contributed by atoms with van der Waals surface area (Å²) in [5.74, 6) is -1.43. The van der Waals surface area contributed by atoms with Gasteiger partial charge in [-0.2, -0.15) is 0 Å². The number of hydrogen-bond donors (Lipinski definition) is 1. The number of carbonyl (C=O) groups excluding carboxylic acids is 2. The first-order chi connectivity index (χ1) is 8.77. The summed E-state index contributed by atoms with van der Waals surface area (Å²) in [6, 6.07) is 2.58. The van der Waals surface area contributed by atoms with Crippen LogP contribution in [0.15, 0.2) is 18.3 Å². The van der Waals surface area contributed by atoms with Crippen LogP contribution in [0.4, 0.5) is 0 Å². The van der Waals surface area contributed by atoms with Crippen LogP contribution in [0.1, 0.15) is 34.7 Å². The van der Waals surface area contributed by atoms with Crippen LogP contribution in [0, 0.1) is 0 Å². The number of amides is 1. The molecule has 8 heteroatoms. The molecular weight excluding hydrogens is 272 g/mol. The van der Waals surface area contributed by atoms with E-state index in [2.05, 4.69) is 9.72 Å². The molecule has 0 bridgehead atoms. The van der Waals surface area contributed by atoms with Crippen LogP contribution in [-0.4, -0.2) is 37.6 Å². The number of pyridine rings is 1. The van der Waals surface area contributed by atoms with E-state index in [9.17, 15) is 18.0 Å². The summed E-state index contributed by atoms with van der Waals surface area (Å²) < 4.78 is 29.4. The minimum absolute atomic E-state index is 0.0331. The predicted molar refractivity (Wildman–Crippen MR) is 67.1 cm³/mol. The zero-order chi connectivity index (χ0) is 14.6. The summed E-state index contributed by atoms with van der Waals surface area (Å²) in [7, 11) is -2.49. The van der Waals surface area contributed by atoms with E-state index in [1.807, 2.05) is 4.72 Å². The van der Waals surface area contributed by atoms with Crippen molar-refractivity contribution in [3.63, 3.8) is 0 Å². The van der Waals surface area contributed by atoms with E-state index in [1.165, 1.54) is 33.1 Å². The zero-order valence-electron chi connectivity index (χ0n) is 10.7. The van der Waals surface area contributed by atoms with Crippen LogP contribution >= 0.6 is 0 Å². The van der Waals surface area contributed by atoms with Gasteiger partial charge in [-0.05, 0) is 26.0 Å². The lowest BCUT2D eigenvalue weighted by Gasteiger charge is -2.09. The average Bonchev–Trinajstić information content (AvgIpc) is 2.37. The molecule has 1 aromatic heterocycles. The third-order valence-electron chi connectivity index (χ3n) is 2.28. The Labute approximate surface area is 111 Å². The number of aromatic nitrogens is 1. The highest BCUT2D eigenvalue weighted by Gasteiger charge is 2.20. The Morgan fingerprint density at radius 1 is 1.32 bits per heavy atom. The van der Waals surface area contributed by atoms with Crippen LogP contribution in [0.5, 0.6) is 0 Å². The van der Waals surface area contributed by atoms with Gasteiger partial charge in [-0.25, -0.2) is 22.9 Å². The minimum Gasteiger partial charge on any atom is -0.464 e. The topological polar surface area (TPSA) is 102 Å². The Kier molecular flexibility index (Phi) is 4.60. The second kappa shape index (κ2) is 5.79. The second-order valence-electron chi connectivity index (χ2n) is 3.95. The van der Waals surface area contributed by atoms with Crippen LogP contribution in [0.25, 0.3) is 0 Å². The molecule has 19 heavy (non-hydrogen) atoms. The summed E-state index contributed by atoms with van der Waals surface area (Å²) in [4.78, 5) is 26.5. The molecule has 1 heterocycles. The lowest BCUT2D eigenvalue weighted by molar-refractivity contribution is 0.0593. The van der Waals surface area contributed by atoms with Gasteiger partial charge in [-0.1, -0.05) is 0 Å². The largest absolute Gasteiger partial charge is 0.464 e. The van der Waals surface area contributed by atoms with Gasteiger partial charge in [0.15, 0.2) is 0 Å². The van der Waals surface area contributed by atoms with Gasteiger partial charge in [-0.3, -0.25) is 4.79 Å². The van der Waals surface area contributed by atoms with Crippen molar-refractivity contribution >= 4 is 21.9 Å². The number of hydrogen-bond acceptors (Lipinski definition) is 6. The van der Waals surface area contributed by atoms with Crippen molar-refractivity contribution in [1.29, 1.82) is 0 Å². The quantitative estimate of drug-likeness (QED) is 0.800. The van der Waals surface area contributed by atoms with E-state index in [0.29, 0.717) is 0 Å². The summed E-state index contributed by atoms with van der Waals surface area (Å²) >= 11 is 0. The van der Waals surface area contributed by atoms with E-state index in [4.69, 9.17) is 0 Å². The van der Waals surface area contributed by atoms with Crippen molar-refractivity contribution in [2.24, 2.45) is 0 Å². The van der Waals surface area contributed by atoms with Crippen LogP contribution in [0.3, 0.4) is 0 Å². The molecular formula is C11H14N2O5S. The number of carbonyl (C=O) groups is 2. The maximum absolute atomic E-state index is 11.7. The monoisotopic (exact) mass is 286 g/mol. The van der Waals surface area contributed by atoms with E-state index in [0.717, 1.165) is 6.20 Å². The molecule has 1 rings (SSSR count). The molecule has 0 unspecified atom stereocenters. The van der Waals surface area contributed by atoms with Gasteiger partial charge < -0.3 is 4.74 Å². The molecule has 0 aliphatic carbocycles. The first-order valence-corrected chi connectivity index (χ1v) is 6.93. The van der Waals surface area contributed by atoms with Crippen LogP contribution in [0.2, 0.25) is 0 Å². The van der Waals surface area contributed by atoms with Crippen molar-refractivity contribution in [2.75, 3.05) is 7.11 Å². The van der Waals surface area contributed by atoms with Gasteiger partial charge in [0.05, 0.1) is 17.9 Å². The van der Waals surface area contributed by atoms with E-state index in [1.54, 1.807) is 0 Å². The molecule has 1 amide bonds. The first-order valence-electron chi connectivity index (χ1n) is 5.38. The highest BCUT2D eigenvalue weighted by atomic mass is 32.2. The van der Waals surface area contributed by atoms with Crippen molar-refractivity contribution in [3.05, 3.63) is 29.6 Å². The summed E-state index contributed by atoms with van der Waals surface area (Å²) in [5, 5.41) is -0.723. The fourth-order valence-electron chi connectivity index (χ4n) is 1.06. The number of sulfonamides is 1. The molecule has 0 saturated carbocycles. The molecule has 0 saturated heterocycles. The molecule has 0 fully saturated rings. The third-order valence-corrected chi connectivity index (χ3v) is 3.99. The van der Waals surface area contributed by atoms with Gasteiger partial charge in [0.25, 0.3) is 5.91 Å². The predicted octanol–water partition coefficient (Wildman–Crippen LogP) is 0.336. The molecule has 0 atom stereocenters. The van der Waals surface area contributed by atoms with Crippen LogP contribution in [-0.2, 0) is 14.8 Å². The minimum atomic E-state index is -3.70. The normalized spacial score (nSPS) is 11.2. The molecule has 1 N–H and O–H groups in total. The Bertz CT molecular complexity index is 578. The maximum Gasteiger partial charge on any atom is 0.356 e. The van der Waals surface area contributed by atoms with Crippen molar-refractivity contribution in [2.45, 2.75) is 19.1 Å². The smallest absolute Gasteiger partial charge is 0.356 e. The molecule has 0 aliphatic rings. The number of nitrogens with one attached hydrogen (secondary N) is 1. The Morgan fingerprint density at radius 2 is 1.95 bits per heavy atom. The highest BCUT2D eigenvalue weighted by Crippen LogP contribution is 2.04. The number of rotatable bonds is 4. The van der Waals surface area contributed by atoms with E-state index < -0.39 is 27.1 Å². The number of esters is 1. The van der Waals surface area contributed by atoms with E-state index in [-0.39, 0.29) is 11.3 Å². The fraction of sp³-hybridized carbons (Fsp3) is 0.364. The molecule has 104 valence electrons. The molecule has 1 aromatic rings. The Balaban J connectivity index is 2.88. The standard InChI is InChI=1S/C11H14N2O5S/c1-7(2)19(16,17)13-10(14)8-4-5-9(12-6-8)11(15)18-3/h4-7H,1-3H3,(H,13,14). The number of ether oxygens (including phenoxy) is 1. The van der Waals surface area contributed by atoms with Crippen molar-refractivity contribution in [3.8, 4) is 0 Å². The fourth-order valence-corrected chi connectivity index (χ4v) is 1.67. The summed E-state index contributed by atoms with van der Waals surface area (Å²) in [5.41, 5.74) is 0.0719. The molecule has 0 radical (unpaired) electrons. The molecule has 0 aliphatic heterocycles. The summed E-state index contributed by atoms with van der Waals surface area (Å²) in [6.45, 7) is 2.91. The van der Waals surface area contributed by atoms with Gasteiger partial charge >= 0.3 is 5.97 Å². The summed E-state index contributed by atoms with van der Waals surface area (Å²) in [6.07, 6.45) is 1.11. The number of methoxy groups -OCH3 is 1. The van der Waals surface area contributed by atoms with Crippen molar-refractivity contribution < 1.29 is 22.7 Å². The zero-order valence-corrected chi connectivity index (χ0v) is 11.5. The number of nitrogens with zero attached hydrogens (tertiary/aromatic N) is 1. The Morgan fingerprint density at radius 3 is 2.37 bits per heavy atom. The van der Waals surface area contributed by atoms with E-state index >= 15 is 0 Å². The lowest BCUT2D eigenvalue weighted by Crippen LogP contribution is -2.35. The lowest BCUT2D eigenvalue weighted by atomic mass is 10.2. The first kappa shape index (κ1) is 15.1. The highest BCUT2D eigenvalue weighted by molar-refractivity contribution is 7.90. The van der Waals surface area contributed by atoms with Gasteiger partial charge in [0, 0.05) is 6.20 Å². The van der Waals surface area contributed by atoms with Gasteiger partial charge in [-0.15, -0.1) is 0 Å². The molecule has 7 nitrogen and oxygen atoms in total. The van der Waals surface area contributed by atoms with Gasteiger partial charge in [0.1, 0.15) is 5.69 Å². The molecule has 0 spiro atoms.